The van der Waals surface area contributed by atoms with Crippen LogP contribution in [0.5, 0.6) is 5.75 Å². The summed E-state index contributed by atoms with van der Waals surface area (Å²) in [6.07, 6.45) is 1.34. The molecule has 5 rings (SSSR count). The molecule has 0 fully saturated rings. The van der Waals surface area contributed by atoms with Gasteiger partial charge in [0.2, 0.25) is 0 Å². The van der Waals surface area contributed by atoms with Gasteiger partial charge in [-0.2, -0.15) is 5.10 Å². The number of para-hydroxylation sites is 1. The van der Waals surface area contributed by atoms with Gasteiger partial charge in [0.15, 0.2) is 0 Å². The lowest BCUT2D eigenvalue weighted by Crippen LogP contribution is -2.38. The number of benzene rings is 3. The molecular formula is C37H40ClN5O5. The van der Waals surface area contributed by atoms with Gasteiger partial charge in [0.05, 0.1) is 17.8 Å². The summed E-state index contributed by atoms with van der Waals surface area (Å²) < 4.78 is 12.8. The molecule has 2 heterocycles. The summed E-state index contributed by atoms with van der Waals surface area (Å²) in [7, 11) is 1.90. The van der Waals surface area contributed by atoms with E-state index in [1.165, 1.54) is 0 Å². The minimum absolute atomic E-state index is 0.219. The monoisotopic (exact) mass is 669 g/mol. The molecular weight excluding hydrogens is 630 g/mol. The zero-order chi connectivity index (χ0) is 34.5. The fraction of sp³-hybridized carbons (Fsp3) is 0.297. The van der Waals surface area contributed by atoms with Crippen molar-refractivity contribution in [2.24, 2.45) is 12.8 Å². The van der Waals surface area contributed by atoms with E-state index in [-0.39, 0.29) is 6.42 Å². The molecule has 2 aromatic heterocycles. The molecule has 3 aromatic carbocycles. The molecule has 4 N–H and O–H groups in total. The van der Waals surface area contributed by atoms with Crippen LogP contribution in [0.15, 0.2) is 60.7 Å². The molecule has 11 heteroatoms. The van der Waals surface area contributed by atoms with E-state index in [2.05, 4.69) is 15.4 Å². The lowest BCUT2D eigenvalue weighted by molar-refractivity contribution is -0.159. The fourth-order valence-electron chi connectivity index (χ4n) is 5.94. The van der Waals surface area contributed by atoms with Crippen LogP contribution in [0.1, 0.15) is 50.6 Å². The number of carbonyl (C=O) groups is 3. The number of H-pyrrole nitrogens is 1. The summed E-state index contributed by atoms with van der Waals surface area (Å²) in [4.78, 5) is 42.0. The lowest BCUT2D eigenvalue weighted by Gasteiger charge is -2.11. The number of nitrogens with one attached hydrogen (secondary N) is 2. The number of amides is 1. The van der Waals surface area contributed by atoms with Crippen LogP contribution in [0.25, 0.3) is 22.0 Å². The largest absolute Gasteiger partial charge is 0.494 e. The van der Waals surface area contributed by atoms with Gasteiger partial charge >= 0.3 is 11.9 Å². The molecule has 0 aliphatic carbocycles. The molecule has 1 atom stereocenters. The third kappa shape index (κ3) is 7.61. The van der Waals surface area contributed by atoms with Crippen LogP contribution in [-0.2, 0) is 34.2 Å². The smallest absolute Gasteiger partial charge is 0.333 e. The number of aromatic nitrogens is 3. The maximum atomic E-state index is 13.6. The summed E-state index contributed by atoms with van der Waals surface area (Å²) in [5.41, 5.74) is 14.3. The Hall–Kier alpha value is -4.93. The number of nitrogens with two attached hydrogens (primary N) is 1. The number of aromatic amines is 1. The van der Waals surface area contributed by atoms with Crippen LogP contribution in [-0.4, -0.2) is 51.8 Å². The zero-order valence-electron chi connectivity index (χ0n) is 27.8. The number of ether oxygens (including phenoxy) is 2. The molecule has 0 aliphatic heterocycles. The highest BCUT2D eigenvalue weighted by Gasteiger charge is 2.24. The minimum Gasteiger partial charge on any atom is -0.494 e. The molecule has 0 unspecified atom stereocenters. The second-order valence-electron chi connectivity index (χ2n) is 12.0. The Morgan fingerprint density at radius 2 is 1.73 bits per heavy atom. The molecule has 250 valence electrons. The zero-order valence-corrected chi connectivity index (χ0v) is 28.5. The van der Waals surface area contributed by atoms with Crippen molar-refractivity contribution in [3.63, 3.8) is 0 Å². The Bertz CT molecular complexity index is 1960. The van der Waals surface area contributed by atoms with E-state index in [1.807, 2.05) is 100 Å². The van der Waals surface area contributed by atoms with Crippen molar-refractivity contribution in [1.29, 1.82) is 0 Å². The van der Waals surface area contributed by atoms with Gasteiger partial charge in [0, 0.05) is 34.3 Å². The van der Waals surface area contributed by atoms with Gasteiger partial charge in [-0.3, -0.25) is 9.48 Å². The maximum absolute atomic E-state index is 13.6. The molecule has 10 nitrogen and oxygen atoms in total. The first kappa shape index (κ1) is 34.4. The van der Waals surface area contributed by atoms with E-state index >= 15 is 0 Å². The number of esters is 2. The van der Waals surface area contributed by atoms with Gasteiger partial charge in [0.1, 0.15) is 24.0 Å². The third-order valence-electron chi connectivity index (χ3n) is 8.41. The van der Waals surface area contributed by atoms with Gasteiger partial charge < -0.3 is 25.5 Å². The van der Waals surface area contributed by atoms with Crippen LogP contribution < -0.4 is 15.8 Å². The van der Waals surface area contributed by atoms with E-state index in [4.69, 9.17) is 26.8 Å². The first-order valence-electron chi connectivity index (χ1n) is 15.8. The van der Waals surface area contributed by atoms with E-state index in [1.54, 1.807) is 0 Å². The van der Waals surface area contributed by atoms with Crippen molar-refractivity contribution >= 4 is 40.3 Å². The summed E-state index contributed by atoms with van der Waals surface area (Å²) in [5, 5.41) is 8.80. The first-order chi connectivity index (χ1) is 22.9. The number of carbonyl (C=O) groups excluding carboxylic acids is 3. The van der Waals surface area contributed by atoms with Crippen LogP contribution >= 0.6 is 11.6 Å². The standard InChI is InChI=1S/C37H40ClN5O5/c1-21-17-26(18-22(2)33(21)38)47-16-10-15-28-27-13-9-14-29(32-23(3)42-43(5)24(32)4)34(27)41-35(28)36(45)40-20-31(44)48-37(46)30(39)19-25-11-7-6-8-12-25/h6-9,11-14,17-18,30,41H,10,15-16,19-20,39H2,1-5H3,(H,40,45)/t30-/m0/s1. The normalized spacial score (nSPS) is 11.8. The highest BCUT2D eigenvalue weighted by Crippen LogP contribution is 2.35. The van der Waals surface area contributed by atoms with Crippen molar-refractivity contribution in [1.82, 2.24) is 20.1 Å². The number of nitrogens with zero attached hydrogens (tertiary/aromatic N) is 2. The summed E-state index contributed by atoms with van der Waals surface area (Å²) in [6.45, 7) is 7.73. The first-order valence-corrected chi connectivity index (χ1v) is 16.2. The Labute approximate surface area is 284 Å². The number of fused-ring (bicyclic) bond motifs is 1. The summed E-state index contributed by atoms with van der Waals surface area (Å²) >= 11 is 6.32. The average molecular weight is 670 g/mol. The van der Waals surface area contributed by atoms with Gasteiger partial charge in [0.25, 0.3) is 5.91 Å². The number of halogens is 1. The molecule has 0 saturated carbocycles. The molecule has 0 saturated heterocycles. The van der Waals surface area contributed by atoms with E-state index < -0.39 is 30.4 Å². The van der Waals surface area contributed by atoms with E-state index in [9.17, 15) is 14.4 Å². The molecule has 0 aliphatic rings. The third-order valence-corrected chi connectivity index (χ3v) is 9.00. The summed E-state index contributed by atoms with van der Waals surface area (Å²) in [6, 6.07) is 17.9. The Morgan fingerprint density at radius 1 is 1.02 bits per heavy atom. The van der Waals surface area contributed by atoms with Crippen molar-refractivity contribution < 1.29 is 23.9 Å². The predicted molar refractivity (Wildman–Crippen MR) is 186 cm³/mol. The molecule has 5 aromatic rings. The second-order valence-corrected chi connectivity index (χ2v) is 12.3. The highest BCUT2D eigenvalue weighted by atomic mass is 35.5. The van der Waals surface area contributed by atoms with E-state index in [0.29, 0.717) is 25.1 Å². The minimum atomic E-state index is -1.02. The second kappa shape index (κ2) is 14.9. The number of hydrogen-bond donors (Lipinski definition) is 3. The number of hydrogen-bond acceptors (Lipinski definition) is 7. The molecule has 0 bridgehead atoms. The fourth-order valence-corrected chi connectivity index (χ4v) is 6.05. The Balaban J connectivity index is 1.34. The molecule has 0 radical (unpaired) electrons. The van der Waals surface area contributed by atoms with Gasteiger partial charge in [-0.05, 0) is 81.3 Å². The summed E-state index contributed by atoms with van der Waals surface area (Å²) in [5.74, 6) is -1.54. The average Bonchev–Trinajstić information content (AvgIpc) is 3.56. The van der Waals surface area contributed by atoms with Crippen LogP contribution in [0.4, 0.5) is 0 Å². The van der Waals surface area contributed by atoms with Crippen molar-refractivity contribution in [3.05, 3.63) is 105 Å². The number of aryl methyl sites for hydroxylation is 5. The van der Waals surface area contributed by atoms with Crippen LogP contribution in [0.2, 0.25) is 5.02 Å². The van der Waals surface area contributed by atoms with E-state index in [0.717, 1.165) is 66.4 Å². The topological polar surface area (TPSA) is 141 Å². The molecule has 48 heavy (non-hydrogen) atoms. The Morgan fingerprint density at radius 3 is 2.40 bits per heavy atom. The molecule has 1 amide bonds. The lowest BCUT2D eigenvalue weighted by atomic mass is 9.98. The maximum Gasteiger partial charge on any atom is 0.333 e. The van der Waals surface area contributed by atoms with Crippen LogP contribution in [0.3, 0.4) is 0 Å². The quantitative estimate of drug-likeness (QED) is 0.0861. The van der Waals surface area contributed by atoms with Crippen molar-refractivity contribution in [3.8, 4) is 16.9 Å². The van der Waals surface area contributed by atoms with Gasteiger partial charge in [-0.15, -0.1) is 0 Å². The molecule has 0 spiro atoms. The Kier molecular flexibility index (Phi) is 10.7. The van der Waals surface area contributed by atoms with Crippen molar-refractivity contribution in [2.45, 2.75) is 53.0 Å². The highest BCUT2D eigenvalue weighted by molar-refractivity contribution is 6.32. The SMILES string of the molecule is Cc1cc(OCCCc2c(C(=O)NCC(=O)OC(=O)[C@@H](N)Cc3ccccc3)[nH]c3c(-c4c(C)nn(C)c4C)cccc23)cc(C)c1Cl. The van der Waals surface area contributed by atoms with Gasteiger partial charge in [-0.1, -0.05) is 60.1 Å². The predicted octanol–water partition coefficient (Wildman–Crippen LogP) is 5.84. The van der Waals surface area contributed by atoms with Crippen LogP contribution in [0, 0.1) is 27.7 Å². The van der Waals surface area contributed by atoms with Gasteiger partial charge in [-0.25, -0.2) is 9.59 Å². The van der Waals surface area contributed by atoms with Crippen molar-refractivity contribution in [2.75, 3.05) is 13.2 Å². The number of rotatable bonds is 12.